The lowest BCUT2D eigenvalue weighted by Gasteiger charge is -2.02. The van der Waals surface area contributed by atoms with Gasteiger partial charge < -0.3 is 8.83 Å². The van der Waals surface area contributed by atoms with Gasteiger partial charge in [0.15, 0.2) is 11.5 Å². The molecule has 1 aromatic carbocycles. The zero-order chi connectivity index (χ0) is 20.4. The number of hydrogen-bond donors (Lipinski definition) is 0. The number of aromatic nitrogens is 1. The molecule has 29 heavy (non-hydrogen) atoms. The molecule has 0 unspecified atom stereocenters. The lowest BCUT2D eigenvalue weighted by molar-refractivity contribution is -0.402. The first kappa shape index (κ1) is 18.6. The highest BCUT2D eigenvalue weighted by atomic mass is 32.1. The fourth-order valence-electron chi connectivity index (χ4n) is 2.61. The summed E-state index contributed by atoms with van der Waals surface area (Å²) in [6, 6.07) is 12.4. The Kier molecular flexibility index (Phi) is 4.96. The van der Waals surface area contributed by atoms with Gasteiger partial charge in [0.05, 0.1) is 24.2 Å². The Morgan fingerprint density at radius 3 is 2.72 bits per heavy atom. The van der Waals surface area contributed by atoms with E-state index in [1.807, 2.05) is 43.5 Å². The van der Waals surface area contributed by atoms with Crippen LogP contribution in [0.4, 0.5) is 11.6 Å². The number of hydrogen-bond acceptors (Lipinski definition) is 7. The number of furan rings is 2. The monoisotopic (exact) mass is 408 g/mol. The van der Waals surface area contributed by atoms with E-state index in [2.05, 4.69) is 5.10 Å². The van der Waals surface area contributed by atoms with Gasteiger partial charge in [-0.1, -0.05) is 6.07 Å². The maximum Gasteiger partial charge on any atom is 0.433 e. The molecule has 0 aliphatic rings. The van der Waals surface area contributed by atoms with E-state index < -0.39 is 4.92 Å². The predicted molar refractivity (Wildman–Crippen MR) is 110 cm³/mol. The van der Waals surface area contributed by atoms with E-state index in [9.17, 15) is 10.1 Å². The number of nitro groups is 1. The fraction of sp³-hybridized carbons (Fsp3) is 0.100. The van der Waals surface area contributed by atoms with Crippen LogP contribution < -0.4 is 4.80 Å². The molecule has 9 heteroatoms. The maximum atomic E-state index is 10.8. The van der Waals surface area contributed by atoms with Crippen molar-refractivity contribution in [3.05, 3.63) is 85.9 Å². The molecule has 0 saturated heterocycles. The third kappa shape index (κ3) is 3.94. The minimum atomic E-state index is -0.593. The Morgan fingerprint density at radius 1 is 1.17 bits per heavy atom. The normalized spacial score (nSPS) is 12.1. The first-order valence-electron chi connectivity index (χ1n) is 8.66. The summed E-state index contributed by atoms with van der Waals surface area (Å²) in [6.07, 6.45) is 2.99. The van der Waals surface area contributed by atoms with E-state index in [0.717, 1.165) is 11.3 Å². The minimum Gasteiger partial charge on any atom is -0.463 e. The summed E-state index contributed by atoms with van der Waals surface area (Å²) in [5.41, 5.74) is 3.85. The van der Waals surface area contributed by atoms with Gasteiger partial charge in [0.2, 0.25) is 4.80 Å². The molecule has 0 amide bonds. The highest BCUT2D eigenvalue weighted by Crippen LogP contribution is 2.22. The third-order valence-electron chi connectivity index (χ3n) is 4.27. The van der Waals surface area contributed by atoms with E-state index in [-0.39, 0.29) is 11.6 Å². The molecule has 0 N–H and O–H groups in total. The van der Waals surface area contributed by atoms with E-state index >= 15 is 0 Å². The molecule has 4 aromatic rings. The van der Waals surface area contributed by atoms with Gasteiger partial charge in [0.1, 0.15) is 10.6 Å². The summed E-state index contributed by atoms with van der Waals surface area (Å²) in [5, 5.41) is 17.1. The number of benzene rings is 1. The van der Waals surface area contributed by atoms with Crippen LogP contribution >= 0.6 is 11.3 Å². The zero-order valence-corrected chi connectivity index (χ0v) is 16.4. The molecule has 0 fully saturated rings. The molecule has 0 radical (unpaired) electrons. The molecule has 0 aliphatic carbocycles. The lowest BCUT2D eigenvalue weighted by Crippen LogP contribution is -2.11. The lowest BCUT2D eigenvalue weighted by atomic mass is 10.1. The van der Waals surface area contributed by atoms with Crippen LogP contribution in [0.15, 0.2) is 73.0 Å². The van der Waals surface area contributed by atoms with Gasteiger partial charge in [-0.3, -0.25) is 10.1 Å². The second-order valence-electron chi connectivity index (χ2n) is 6.25. The standard InChI is InChI=1S/C20H16N4O4S/c1-13-5-6-15(10-14(13)2)22-20-23(17(12-29-20)18-4-3-9-27-18)21-11-16-7-8-19(28-16)24(25)26/h3-12H,1-2H3. The van der Waals surface area contributed by atoms with Crippen molar-refractivity contribution in [1.29, 1.82) is 0 Å². The van der Waals surface area contributed by atoms with Crippen molar-refractivity contribution >= 4 is 29.1 Å². The zero-order valence-electron chi connectivity index (χ0n) is 15.6. The molecule has 3 heterocycles. The Balaban J connectivity index is 1.80. The summed E-state index contributed by atoms with van der Waals surface area (Å²) >= 11 is 1.41. The van der Waals surface area contributed by atoms with Crippen LogP contribution in [-0.2, 0) is 0 Å². The van der Waals surface area contributed by atoms with Crippen molar-refractivity contribution < 1.29 is 13.8 Å². The Bertz CT molecular complexity index is 1260. The quantitative estimate of drug-likeness (QED) is 0.262. The third-order valence-corrected chi connectivity index (χ3v) is 5.08. The van der Waals surface area contributed by atoms with Gasteiger partial charge in [-0.25, -0.2) is 9.67 Å². The molecular formula is C20H16N4O4S. The average Bonchev–Trinajstić information content (AvgIpc) is 3.43. The average molecular weight is 408 g/mol. The van der Waals surface area contributed by atoms with E-state index in [0.29, 0.717) is 16.3 Å². The molecule has 0 spiro atoms. The SMILES string of the molecule is Cc1ccc(N=c2scc(-c3ccco3)n2N=Cc2ccc([N+](=O)[O-])o2)cc1C. The second-order valence-corrected chi connectivity index (χ2v) is 7.09. The fourth-order valence-corrected chi connectivity index (χ4v) is 3.45. The summed E-state index contributed by atoms with van der Waals surface area (Å²) in [4.78, 5) is 15.5. The van der Waals surface area contributed by atoms with E-state index in [4.69, 9.17) is 13.8 Å². The number of rotatable bonds is 5. The van der Waals surface area contributed by atoms with E-state index in [1.54, 1.807) is 17.0 Å². The number of nitrogens with zero attached hydrogens (tertiary/aromatic N) is 4. The van der Waals surface area contributed by atoms with Gasteiger partial charge in [-0.15, -0.1) is 11.3 Å². The van der Waals surface area contributed by atoms with Gasteiger partial charge >= 0.3 is 5.88 Å². The molecule has 0 atom stereocenters. The van der Waals surface area contributed by atoms with Crippen LogP contribution in [0.3, 0.4) is 0 Å². The van der Waals surface area contributed by atoms with Gasteiger partial charge in [-0.2, -0.15) is 5.10 Å². The highest BCUT2D eigenvalue weighted by Gasteiger charge is 2.12. The second kappa shape index (κ2) is 7.72. The van der Waals surface area contributed by atoms with Crippen LogP contribution in [0.1, 0.15) is 16.9 Å². The highest BCUT2D eigenvalue weighted by molar-refractivity contribution is 7.07. The van der Waals surface area contributed by atoms with Crippen molar-refractivity contribution in [3.8, 4) is 11.5 Å². The van der Waals surface area contributed by atoms with Crippen molar-refractivity contribution in [2.75, 3.05) is 0 Å². The van der Waals surface area contributed by atoms with Crippen LogP contribution in [0.2, 0.25) is 0 Å². The maximum absolute atomic E-state index is 10.8. The number of thiazole rings is 1. The van der Waals surface area contributed by atoms with Crippen LogP contribution in [0.25, 0.3) is 11.5 Å². The summed E-state index contributed by atoms with van der Waals surface area (Å²) in [6.45, 7) is 4.08. The smallest absolute Gasteiger partial charge is 0.433 e. The molecule has 0 bridgehead atoms. The van der Waals surface area contributed by atoms with Gasteiger partial charge in [-0.05, 0) is 55.3 Å². The van der Waals surface area contributed by atoms with Gasteiger partial charge in [0, 0.05) is 5.38 Å². The predicted octanol–water partition coefficient (Wildman–Crippen LogP) is 5.04. The summed E-state index contributed by atoms with van der Waals surface area (Å²) < 4.78 is 12.3. The van der Waals surface area contributed by atoms with Crippen molar-refractivity contribution in [1.82, 2.24) is 4.68 Å². The van der Waals surface area contributed by atoms with Crippen LogP contribution in [0.5, 0.6) is 0 Å². The molecule has 8 nitrogen and oxygen atoms in total. The Labute approximate surface area is 169 Å². The summed E-state index contributed by atoms with van der Waals surface area (Å²) in [7, 11) is 0. The first-order valence-corrected chi connectivity index (χ1v) is 9.54. The van der Waals surface area contributed by atoms with E-state index in [1.165, 1.54) is 35.2 Å². The van der Waals surface area contributed by atoms with Crippen LogP contribution in [0, 0.1) is 24.0 Å². The molecule has 0 saturated carbocycles. The Hall–Kier alpha value is -3.72. The molecule has 0 aliphatic heterocycles. The molecule has 4 rings (SSSR count). The molecular weight excluding hydrogens is 392 g/mol. The van der Waals surface area contributed by atoms with Gasteiger partial charge in [0.25, 0.3) is 0 Å². The Morgan fingerprint density at radius 2 is 2.03 bits per heavy atom. The number of aryl methyl sites for hydroxylation is 2. The topological polar surface area (TPSA) is 99.1 Å². The largest absolute Gasteiger partial charge is 0.463 e. The summed E-state index contributed by atoms with van der Waals surface area (Å²) in [5.74, 6) is 0.552. The molecule has 146 valence electrons. The van der Waals surface area contributed by atoms with Crippen LogP contribution in [-0.4, -0.2) is 15.8 Å². The minimum absolute atomic E-state index is 0.262. The first-order chi connectivity index (χ1) is 14.0. The van der Waals surface area contributed by atoms with Crippen molar-refractivity contribution in [2.24, 2.45) is 10.1 Å². The van der Waals surface area contributed by atoms with Crippen molar-refractivity contribution in [2.45, 2.75) is 13.8 Å². The molecule has 3 aromatic heterocycles. The van der Waals surface area contributed by atoms with Crippen molar-refractivity contribution in [3.63, 3.8) is 0 Å².